The normalized spacial score (nSPS) is 19.5. The molecule has 2 aliphatic rings. The van der Waals surface area contributed by atoms with Crippen molar-refractivity contribution < 1.29 is 9.59 Å². The van der Waals surface area contributed by atoms with Gasteiger partial charge in [0.15, 0.2) is 4.32 Å². The summed E-state index contributed by atoms with van der Waals surface area (Å²) >= 11 is 6.66. The molecule has 0 saturated carbocycles. The summed E-state index contributed by atoms with van der Waals surface area (Å²) in [5.74, 6) is -0.375. The molecule has 0 aromatic heterocycles. The molecule has 130 valence electrons. The molecule has 1 saturated heterocycles. The Morgan fingerprint density at radius 2 is 1.81 bits per heavy atom. The zero-order valence-corrected chi connectivity index (χ0v) is 16.0. The Morgan fingerprint density at radius 1 is 1.04 bits per heavy atom. The van der Waals surface area contributed by atoms with Crippen molar-refractivity contribution >= 4 is 57.1 Å². The third kappa shape index (κ3) is 2.48. The lowest BCUT2D eigenvalue weighted by atomic mass is 10.1. The number of likely N-dealkylation sites (N-methyl/N-ethyl adjacent to an activating group) is 1. The van der Waals surface area contributed by atoms with E-state index in [1.54, 1.807) is 4.90 Å². The molecule has 2 heterocycles. The summed E-state index contributed by atoms with van der Waals surface area (Å²) in [5, 5.41) is 0. The third-order valence-electron chi connectivity index (χ3n) is 4.50. The molecular formula is C20H16N2O2S2. The van der Waals surface area contributed by atoms with Gasteiger partial charge in [0, 0.05) is 12.1 Å². The minimum absolute atomic E-state index is 0.140. The van der Waals surface area contributed by atoms with Crippen LogP contribution in [0.3, 0.4) is 0 Å². The topological polar surface area (TPSA) is 40.6 Å². The standard InChI is InChI=1S/C20H16N2O2S2/c1-3-21-15-10-5-4-9-14(15)16(18(21)23)17-19(24)22(20(25)26-17)13-8-6-7-12(2)11-13/h4-11H,3H2,1-2H3. The number of thioether (sulfide) groups is 1. The fourth-order valence-corrected chi connectivity index (χ4v) is 4.69. The number of hydrogen-bond donors (Lipinski definition) is 0. The van der Waals surface area contributed by atoms with E-state index in [0.717, 1.165) is 22.5 Å². The van der Waals surface area contributed by atoms with Gasteiger partial charge in [-0.3, -0.25) is 14.5 Å². The predicted molar refractivity (Wildman–Crippen MR) is 110 cm³/mol. The minimum atomic E-state index is -0.235. The van der Waals surface area contributed by atoms with E-state index < -0.39 is 0 Å². The number of aryl methyl sites for hydroxylation is 1. The first-order valence-corrected chi connectivity index (χ1v) is 9.54. The van der Waals surface area contributed by atoms with Crippen LogP contribution in [0.4, 0.5) is 11.4 Å². The summed E-state index contributed by atoms with van der Waals surface area (Å²) in [6.07, 6.45) is 0. The van der Waals surface area contributed by atoms with Crippen molar-refractivity contribution in [3.05, 3.63) is 64.6 Å². The lowest BCUT2D eigenvalue weighted by molar-refractivity contribution is -0.115. The van der Waals surface area contributed by atoms with E-state index in [9.17, 15) is 9.59 Å². The van der Waals surface area contributed by atoms with Gasteiger partial charge >= 0.3 is 0 Å². The highest BCUT2D eigenvalue weighted by molar-refractivity contribution is 8.27. The molecule has 2 aromatic rings. The Bertz CT molecular complexity index is 997. The van der Waals surface area contributed by atoms with Crippen LogP contribution in [-0.4, -0.2) is 22.7 Å². The molecule has 2 aromatic carbocycles. The Labute approximate surface area is 161 Å². The van der Waals surface area contributed by atoms with Crippen molar-refractivity contribution in [1.29, 1.82) is 0 Å². The van der Waals surface area contributed by atoms with Crippen molar-refractivity contribution in [2.24, 2.45) is 0 Å². The lowest BCUT2D eigenvalue weighted by Gasteiger charge is -2.15. The van der Waals surface area contributed by atoms with Crippen LogP contribution in [0.2, 0.25) is 0 Å². The fourth-order valence-electron chi connectivity index (χ4n) is 3.32. The smallest absolute Gasteiger partial charge is 0.271 e. The zero-order valence-electron chi connectivity index (χ0n) is 14.4. The highest BCUT2D eigenvalue weighted by atomic mass is 32.2. The van der Waals surface area contributed by atoms with Gasteiger partial charge in [-0.05, 0) is 37.6 Å². The van der Waals surface area contributed by atoms with Gasteiger partial charge in [0.2, 0.25) is 0 Å². The number of nitrogens with zero attached hydrogens (tertiary/aromatic N) is 2. The van der Waals surface area contributed by atoms with Gasteiger partial charge in [0.05, 0.1) is 21.9 Å². The Balaban J connectivity index is 1.85. The highest BCUT2D eigenvalue weighted by Crippen LogP contribution is 2.45. The largest absolute Gasteiger partial charge is 0.308 e. The number of para-hydroxylation sites is 1. The quantitative estimate of drug-likeness (QED) is 0.580. The Kier molecular flexibility index (Phi) is 4.17. The monoisotopic (exact) mass is 380 g/mol. The summed E-state index contributed by atoms with van der Waals surface area (Å²) in [6.45, 7) is 4.45. The lowest BCUT2D eigenvalue weighted by Crippen LogP contribution is -2.29. The molecule has 0 spiro atoms. The zero-order chi connectivity index (χ0) is 18.4. The molecule has 0 N–H and O–H groups in total. The average molecular weight is 380 g/mol. The number of fused-ring (bicyclic) bond motifs is 1. The number of anilines is 2. The van der Waals surface area contributed by atoms with Gasteiger partial charge in [-0.25, -0.2) is 0 Å². The summed E-state index contributed by atoms with van der Waals surface area (Å²) in [5.41, 5.74) is 3.87. The van der Waals surface area contributed by atoms with E-state index in [2.05, 4.69) is 0 Å². The maximum atomic E-state index is 13.2. The van der Waals surface area contributed by atoms with Crippen LogP contribution in [0.5, 0.6) is 0 Å². The first kappa shape index (κ1) is 17.0. The minimum Gasteiger partial charge on any atom is -0.308 e. The molecular weight excluding hydrogens is 364 g/mol. The molecule has 6 heteroatoms. The molecule has 2 aliphatic heterocycles. The van der Waals surface area contributed by atoms with Crippen molar-refractivity contribution in [3.63, 3.8) is 0 Å². The first-order valence-electron chi connectivity index (χ1n) is 8.31. The molecule has 1 fully saturated rings. The third-order valence-corrected chi connectivity index (χ3v) is 5.87. The number of benzene rings is 2. The van der Waals surface area contributed by atoms with E-state index in [-0.39, 0.29) is 11.8 Å². The van der Waals surface area contributed by atoms with Crippen LogP contribution >= 0.6 is 24.0 Å². The predicted octanol–water partition coefficient (Wildman–Crippen LogP) is 4.14. The molecule has 0 bridgehead atoms. The van der Waals surface area contributed by atoms with Gasteiger partial charge in [-0.2, -0.15) is 0 Å². The molecule has 4 nitrogen and oxygen atoms in total. The van der Waals surface area contributed by atoms with Crippen LogP contribution < -0.4 is 9.80 Å². The van der Waals surface area contributed by atoms with Crippen LogP contribution in [0.25, 0.3) is 5.57 Å². The van der Waals surface area contributed by atoms with Gasteiger partial charge < -0.3 is 4.90 Å². The first-order chi connectivity index (χ1) is 12.5. The number of carbonyl (C=O) groups excluding carboxylic acids is 2. The van der Waals surface area contributed by atoms with Crippen LogP contribution in [0, 0.1) is 6.92 Å². The number of thiocarbonyl (C=S) groups is 1. The maximum absolute atomic E-state index is 13.2. The van der Waals surface area contributed by atoms with Crippen LogP contribution in [0.15, 0.2) is 53.4 Å². The second kappa shape index (κ2) is 6.37. The van der Waals surface area contributed by atoms with Crippen LogP contribution in [-0.2, 0) is 9.59 Å². The van der Waals surface area contributed by atoms with E-state index in [1.165, 1.54) is 16.7 Å². The molecule has 0 aliphatic carbocycles. The Hall–Kier alpha value is -2.44. The van der Waals surface area contributed by atoms with Crippen molar-refractivity contribution in [2.75, 3.05) is 16.3 Å². The maximum Gasteiger partial charge on any atom is 0.271 e. The summed E-state index contributed by atoms with van der Waals surface area (Å²) in [4.78, 5) is 29.7. The second-order valence-electron chi connectivity index (χ2n) is 6.12. The second-order valence-corrected chi connectivity index (χ2v) is 7.76. The SMILES string of the molecule is CCN1C(=O)C(=C2SC(=S)N(c3cccc(C)c3)C2=O)c2ccccc21. The van der Waals surface area contributed by atoms with Crippen molar-refractivity contribution in [2.45, 2.75) is 13.8 Å². The fraction of sp³-hybridized carbons (Fsp3) is 0.150. The molecule has 26 heavy (non-hydrogen) atoms. The van der Waals surface area contributed by atoms with Gasteiger partial charge in [-0.15, -0.1) is 0 Å². The van der Waals surface area contributed by atoms with Gasteiger partial charge in [-0.1, -0.05) is 54.3 Å². The number of hydrogen-bond acceptors (Lipinski definition) is 4. The average Bonchev–Trinajstić information content (AvgIpc) is 3.07. The highest BCUT2D eigenvalue weighted by Gasteiger charge is 2.42. The molecule has 0 radical (unpaired) electrons. The van der Waals surface area contributed by atoms with E-state index in [4.69, 9.17) is 12.2 Å². The van der Waals surface area contributed by atoms with Crippen molar-refractivity contribution in [3.8, 4) is 0 Å². The van der Waals surface area contributed by atoms with E-state index in [0.29, 0.717) is 21.3 Å². The molecule has 2 amide bonds. The number of amides is 2. The van der Waals surface area contributed by atoms with E-state index in [1.807, 2.05) is 62.4 Å². The van der Waals surface area contributed by atoms with Gasteiger partial charge in [0.1, 0.15) is 0 Å². The molecule has 4 rings (SSSR count). The van der Waals surface area contributed by atoms with Crippen LogP contribution in [0.1, 0.15) is 18.1 Å². The summed E-state index contributed by atoms with van der Waals surface area (Å²) in [7, 11) is 0. The molecule has 0 atom stereocenters. The molecule has 0 unspecified atom stereocenters. The van der Waals surface area contributed by atoms with Gasteiger partial charge in [0.25, 0.3) is 11.8 Å². The summed E-state index contributed by atoms with van der Waals surface area (Å²) in [6, 6.07) is 15.2. The number of carbonyl (C=O) groups is 2. The number of rotatable bonds is 2. The summed E-state index contributed by atoms with van der Waals surface area (Å²) < 4.78 is 0.448. The Morgan fingerprint density at radius 3 is 2.54 bits per heavy atom. The van der Waals surface area contributed by atoms with E-state index >= 15 is 0 Å². The van der Waals surface area contributed by atoms with Crippen molar-refractivity contribution in [1.82, 2.24) is 0 Å².